The Bertz CT molecular complexity index is 774. The molecule has 20 heavy (non-hydrogen) atoms. The zero-order valence-corrected chi connectivity index (χ0v) is 12.1. The Hall–Kier alpha value is -1.94. The van der Waals surface area contributed by atoms with E-state index in [1.165, 1.54) is 22.9 Å². The number of aryl methyl sites for hydroxylation is 1. The summed E-state index contributed by atoms with van der Waals surface area (Å²) >= 11 is 1.74. The maximum absolute atomic E-state index is 4.73. The number of rotatable bonds is 3. The third-order valence-corrected chi connectivity index (χ3v) is 4.58. The van der Waals surface area contributed by atoms with Gasteiger partial charge >= 0.3 is 0 Å². The van der Waals surface area contributed by atoms with E-state index in [4.69, 9.17) is 4.98 Å². The lowest BCUT2D eigenvalue weighted by Gasteiger charge is -2.08. The number of hydrogen-bond donors (Lipinski definition) is 1. The third kappa shape index (κ3) is 2.06. The van der Waals surface area contributed by atoms with Gasteiger partial charge in [0.1, 0.15) is 5.82 Å². The largest absolute Gasteiger partial charge is 0.367 e. The van der Waals surface area contributed by atoms with Crippen LogP contribution in [0.3, 0.4) is 0 Å². The zero-order valence-electron chi connectivity index (χ0n) is 11.3. The van der Waals surface area contributed by atoms with E-state index >= 15 is 0 Å². The molecule has 0 saturated heterocycles. The minimum absolute atomic E-state index is 0.607. The molecule has 0 unspecified atom stereocenters. The molecule has 1 N–H and O–H groups in total. The van der Waals surface area contributed by atoms with Gasteiger partial charge in [0.2, 0.25) is 0 Å². The molecule has 0 spiro atoms. The normalized spacial score (nSPS) is 14.7. The lowest BCUT2D eigenvalue weighted by atomic mass is 10.1. The van der Waals surface area contributed by atoms with Gasteiger partial charge in [-0.25, -0.2) is 9.97 Å². The monoisotopic (exact) mass is 281 g/mol. The molecule has 4 heteroatoms. The fourth-order valence-electron chi connectivity index (χ4n) is 2.29. The quantitative estimate of drug-likeness (QED) is 0.780. The SMILES string of the molecule is Cc1cnc(-c2csc3ccccc23)nc1NC1CC1. The van der Waals surface area contributed by atoms with Gasteiger partial charge < -0.3 is 5.32 Å². The Morgan fingerprint density at radius 2 is 2.10 bits per heavy atom. The molecule has 1 aliphatic carbocycles. The molecular weight excluding hydrogens is 266 g/mol. The van der Waals surface area contributed by atoms with Crippen molar-refractivity contribution in [2.45, 2.75) is 25.8 Å². The zero-order chi connectivity index (χ0) is 13.5. The molecule has 1 aliphatic rings. The predicted octanol–water partition coefficient (Wildman–Crippen LogP) is 4.24. The minimum Gasteiger partial charge on any atom is -0.367 e. The van der Waals surface area contributed by atoms with E-state index in [-0.39, 0.29) is 0 Å². The van der Waals surface area contributed by atoms with Crippen LogP contribution < -0.4 is 5.32 Å². The van der Waals surface area contributed by atoms with Crippen LogP contribution in [0.5, 0.6) is 0 Å². The highest BCUT2D eigenvalue weighted by Gasteiger charge is 2.22. The highest BCUT2D eigenvalue weighted by Crippen LogP contribution is 2.33. The molecule has 0 radical (unpaired) electrons. The summed E-state index contributed by atoms with van der Waals surface area (Å²) < 4.78 is 1.28. The smallest absolute Gasteiger partial charge is 0.162 e. The van der Waals surface area contributed by atoms with Crippen LogP contribution in [0.1, 0.15) is 18.4 Å². The van der Waals surface area contributed by atoms with Gasteiger partial charge in [-0.15, -0.1) is 11.3 Å². The number of benzene rings is 1. The number of fused-ring (bicyclic) bond motifs is 1. The molecule has 0 amide bonds. The maximum atomic E-state index is 4.73. The number of thiophene rings is 1. The van der Waals surface area contributed by atoms with E-state index in [9.17, 15) is 0 Å². The van der Waals surface area contributed by atoms with Crippen LogP contribution in [0.25, 0.3) is 21.5 Å². The number of nitrogens with one attached hydrogen (secondary N) is 1. The van der Waals surface area contributed by atoms with Crippen LogP contribution >= 0.6 is 11.3 Å². The Kier molecular flexibility index (Phi) is 2.70. The summed E-state index contributed by atoms with van der Waals surface area (Å²) in [5.41, 5.74) is 2.24. The van der Waals surface area contributed by atoms with Crippen molar-refractivity contribution in [2.75, 3.05) is 5.32 Å². The van der Waals surface area contributed by atoms with Gasteiger partial charge in [-0.1, -0.05) is 18.2 Å². The molecule has 0 atom stereocenters. The van der Waals surface area contributed by atoms with E-state index in [1.54, 1.807) is 11.3 Å². The molecule has 2 aromatic heterocycles. The molecule has 1 saturated carbocycles. The summed E-state index contributed by atoms with van der Waals surface area (Å²) in [5.74, 6) is 1.80. The van der Waals surface area contributed by atoms with Gasteiger partial charge in [0.15, 0.2) is 5.82 Å². The minimum atomic E-state index is 0.607. The molecule has 1 aromatic carbocycles. The molecule has 3 nitrogen and oxygen atoms in total. The van der Waals surface area contributed by atoms with E-state index < -0.39 is 0 Å². The van der Waals surface area contributed by atoms with Crippen LogP contribution in [0.2, 0.25) is 0 Å². The van der Waals surface area contributed by atoms with E-state index in [0.717, 1.165) is 22.8 Å². The van der Waals surface area contributed by atoms with Crippen molar-refractivity contribution >= 4 is 27.2 Å². The van der Waals surface area contributed by atoms with Crippen molar-refractivity contribution in [3.8, 4) is 11.4 Å². The van der Waals surface area contributed by atoms with Crippen molar-refractivity contribution in [3.63, 3.8) is 0 Å². The standard InChI is InChI=1S/C16H15N3S/c1-10-8-17-16(19-15(10)18-11-6-7-11)13-9-20-14-5-3-2-4-12(13)14/h2-5,8-9,11H,6-7H2,1H3,(H,17,18,19). The second-order valence-electron chi connectivity index (χ2n) is 5.29. The Morgan fingerprint density at radius 3 is 2.95 bits per heavy atom. The Balaban J connectivity index is 1.81. The van der Waals surface area contributed by atoms with Gasteiger partial charge in [0.25, 0.3) is 0 Å². The first-order chi connectivity index (χ1) is 9.81. The molecule has 4 rings (SSSR count). The fraction of sp³-hybridized carbons (Fsp3) is 0.250. The number of aromatic nitrogens is 2. The van der Waals surface area contributed by atoms with Crippen molar-refractivity contribution in [1.29, 1.82) is 0 Å². The molecule has 3 aromatic rings. The number of nitrogens with zero attached hydrogens (tertiary/aromatic N) is 2. The summed E-state index contributed by atoms with van der Waals surface area (Å²) in [6, 6.07) is 9.02. The summed E-state index contributed by atoms with van der Waals surface area (Å²) in [6.07, 6.45) is 4.42. The van der Waals surface area contributed by atoms with E-state index in [1.807, 2.05) is 6.20 Å². The molecule has 100 valence electrons. The first-order valence-corrected chi connectivity index (χ1v) is 7.76. The van der Waals surface area contributed by atoms with Crippen molar-refractivity contribution in [1.82, 2.24) is 9.97 Å². The summed E-state index contributed by atoms with van der Waals surface area (Å²) in [4.78, 5) is 9.24. The Morgan fingerprint density at radius 1 is 1.25 bits per heavy atom. The molecule has 2 heterocycles. The van der Waals surface area contributed by atoms with Gasteiger partial charge in [-0.3, -0.25) is 0 Å². The lowest BCUT2D eigenvalue weighted by molar-refractivity contribution is 1.07. The highest BCUT2D eigenvalue weighted by molar-refractivity contribution is 7.17. The van der Waals surface area contributed by atoms with Crippen LogP contribution in [0, 0.1) is 6.92 Å². The predicted molar refractivity (Wildman–Crippen MR) is 84.2 cm³/mol. The van der Waals surface area contributed by atoms with Gasteiger partial charge in [-0.2, -0.15) is 0 Å². The summed E-state index contributed by atoms with van der Waals surface area (Å²) in [5, 5.41) is 6.87. The number of hydrogen-bond acceptors (Lipinski definition) is 4. The van der Waals surface area contributed by atoms with Crippen LogP contribution in [0.15, 0.2) is 35.8 Å². The number of anilines is 1. The fourth-order valence-corrected chi connectivity index (χ4v) is 3.23. The topological polar surface area (TPSA) is 37.8 Å². The van der Waals surface area contributed by atoms with Crippen molar-refractivity contribution in [2.24, 2.45) is 0 Å². The van der Waals surface area contributed by atoms with Gasteiger partial charge in [-0.05, 0) is 25.8 Å². The van der Waals surface area contributed by atoms with Crippen LogP contribution in [-0.2, 0) is 0 Å². The van der Waals surface area contributed by atoms with E-state index in [2.05, 4.69) is 46.9 Å². The van der Waals surface area contributed by atoms with E-state index in [0.29, 0.717) is 6.04 Å². The van der Waals surface area contributed by atoms with Gasteiger partial charge in [0.05, 0.1) is 0 Å². The van der Waals surface area contributed by atoms with Crippen molar-refractivity contribution < 1.29 is 0 Å². The average molecular weight is 281 g/mol. The first kappa shape index (κ1) is 11.9. The van der Waals surface area contributed by atoms with Crippen LogP contribution in [-0.4, -0.2) is 16.0 Å². The third-order valence-electron chi connectivity index (χ3n) is 3.61. The first-order valence-electron chi connectivity index (χ1n) is 6.88. The lowest BCUT2D eigenvalue weighted by Crippen LogP contribution is -2.06. The van der Waals surface area contributed by atoms with Crippen molar-refractivity contribution in [3.05, 3.63) is 41.4 Å². The summed E-state index contributed by atoms with van der Waals surface area (Å²) in [7, 11) is 0. The molecular formula is C16H15N3S. The maximum Gasteiger partial charge on any atom is 0.162 e. The van der Waals surface area contributed by atoms with Crippen LogP contribution in [0.4, 0.5) is 5.82 Å². The highest BCUT2D eigenvalue weighted by atomic mass is 32.1. The second kappa shape index (κ2) is 4.56. The second-order valence-corrected chi connectivity index (χ2v) is 6.20. The molecule has 0 bridgehead atoms. The summed E-state index contributed by atoms with van der Waals surface area (Å²) in [6.45, 7) is 2.06. The Labute approximate surface area is 121 Å². The van der Waals surface area contributed by atoms with Gasteiger partial charge in [0, 0.05) is 38.8 Å². The molecule has 0 aliphatic heterocycles. The average Bonchev–Trinajstić information content (AvgIpc) is 3.18. The molecule has 1 fully saturated rings.